The highest BCUT2D eigenvalue weighted by atomic mass is 32.2. The number of aromatic hydroxyl groups is 1. The SMILES string of the molecule is COc1ccc2c(c1)S(=O)(=O)NC(c1c(O)c(N3CCCC3)nn(Cc3ccccc3)c1=O)=N2. The summed E-state index contributed by atoms with van der Waals surface area (Å²) in [6.07, 6.45) is 1.86. The number of aromatic nitrogens is 2. The minimum atomic E-state index is -4.06. The largest absolute Gasteiger partial charge is 0.504 e. The molecule has 0 atom stereocenters. The molecule has 0 aliphatic carbocycles. The molecule has 0 spiro atoms. The molecule has 1 fully saturated rings. The van der Waals surface area contributed by atoms with Gasteiger partial charge in [0.15, 0.2) is 17.4 Å². The summed E-state index contributed by atoms with van der Waals surface area (Å²) < 4.78 is 34.7. The predicted octanol–water partition coefficient (Wildman–Crippen LogP) is 1.98. The molecule has 2 aliphatic rings. The van der Waals surface area contributed by atoms with Crippen molar-refractivity contribution in [2.45, 2.75) is 24.3 Å². The molecule has 0 bridgehead atoms. The van der Waals surface area contributed by atoms with E-state index in [1.165, 1.54) is 23.9 Å². The lowest BCUT2D eigenvalue weighted by molar-refractivity contribution is 0.413. The first kappa shape index (κ1) is 22.0. The Hall–Kier alpha value is -3.86. The van der Waals surface area contributed by atoms with E-state index in [4.69, 9.17) is 4.74 Å². The third-order valence-electron chi connectivity index (χ3n) is 5.85. The summed E-state index contributed by atoms with van der Waals surface area (Å²) in [7, 11) is -2.63. The maximum atomic E-state index is 13.5. The number of aliphatic imine (C=N–C) groups is 1. The number of sulfonamides is 1. The van der Waals surface area contributed by atoms with Crippen LogP contribution in [-0.4, -0.2) is 49.3 Å². The van der Waals surface area contributed by atoms with Gasteiger partial charge in [-0.2, -0.15) is 0 Å². The highest BCUT2D eigenvalue weighted by molar-refractivity contribution is 7.90. The maximum absolute atomic E-state index is 13.5. The quantitative estimate of drug-likeness (QED) is 0.571. The van der Waals surface area contributed by atoms with Crippen LogP contribution in [0.5, 0.6) is 11.5 Å². The van der Waals surface area contributed by atoms with E-state index in [1.807, 2.05) is 35.2 Å². The zero-order valence-electron chi connectivity index (χ0n) is 18.4. The summed E-state index contributed by atoms with van der Waals surface area (Å²) in [5.74, 6) is -0.0547. The van der Waals surface area contributed by atoms with Gasteiger partial charge in [-0.3, -0.25) is 9.52 Å². The molecular formula is C23H23N5O5S. The fraction of sp³-hybridized carbons (Fsp3) is 0.261. The molecule has 2 aromatic carbocycles. The van der Waals surface area contributed by atoms with Crippen molar-refractivity contribution >= 4 is 27.4 Å². The molecule has 0 saturated carbocycles. The number of nitrogens with one attached hydrogen (secondary N) is 1. The van der Waals surface area contributed by atoms with E-state index in [0.717, 1.165) is 18.4 Å². The number of methoxy groups -OCH3 is 1. The first-order chi connectivity index (χ1) is 16.4. The second-order valence-corrected chi connectivity index (χ2v) is 9.74. The van der Waals surface area contributed by atoms with Crippen LogP contribution in [0.1, 0.15) is 24.0 Å². The highest BCUT2D eigenvalue weighted by Gasteiger charge is 2.32. The van der Waals surface area contributed by atoms with Gasteiger partial charge in [0.1, 0.15) is 16.2 Å². The Labute approximate surface area is 196 Å². The fourth-order valence-electron chi connectivity index (χ4n) is 4.13. The van der Waals surface area contributed by atoms with Crippen molar-refractivity contribution in [1.82, 2.24) is 14.5 Å². The summed E-state index contributed by atoms with van der Waals surface area (Å²) in [4.78, 5) is 19.7. The maximum Gasteiger partial charge on any atom is 0.282 e. The lowest BCUT2D eigenvalue weighted by Gasteiger charge is -2.23. The molecule has 2 aliphatic heterocycles. The van der Waals surface area contributed by atoms with E-state index >= 15 is 0 Å². The molecule has 10 nitrogen and oxygen atoms in total. The van der Waals surface area contributed by atoms with Crippen molar-refractivity contribution in [2.24, 2.45) is 4.99 Å². The van der Waals surface area contributed by atoms with Crippen LogP contribution in [-0.2, 0) is 16.6 Å². The predicted molar refractivity (Wildman–Crippen MR) is 127 cm³/mol. The summed E-state index contributed by atoms with van der Waals surface area (Å²) in [6, 6.07) is 13.7. The molecular weight excluding hydrogens is 458 g/mol. The Morgan fingerprint density at radius 3 is 2.56 bits per heavy atom. The molecule has 11 heteroatoms. The van der Waals surface area contributed by atoms with E-state index in [-0.39, 0.29) is 34.3 Å². The van der Waals surface area contributed by atoms with Gasteiger partial charge in [-0.15, -0.1) is 5.10 Å². The van der Waals surface area contributed by atoms with Gasteiger partial charge < -0.3 is 14.7 Å². The third kappa shape index (κ3) is 3.87. The second kappa shape index (κ2) is 8.49. The highest BCUT2D eigenvalue weighted by Crippen LogP contribution is 2.35. The van der Waals surface area contributed by atoms with Crippen LogP contribution in [0.3, 0.4) is 0 Å². The smallest absolute Gasteiger partial charge is 0.282 e. The molecule has 0 amide bonds. The standard InChI is InChI=1S/C23H23N5O5S/c1-33-16-9-10-17-18(13-16)34(31,32)26-21(24-17)19-20(29)22(27-11-5-6-12-27)25-28(23(19)30)14-15-7-3-2-4-8-15/h2-4,7-10,13,29H,5-6,11-12,14H2,1H3,(H,24,26). The van der Waals surface area contributed by atoms with Crippen molar-refractivity contribution in [3.8, 4) is 11.5 Å². The molecule has 34 heavy (non-hydrogen) atoms. The lowest BCUT2D eigenvalue weighted by Crippen LogP contribution is -2.40. The minimum absolute atomic E-state index is 0.0754. The molecule has 0 radical (unpaired) electrons. The average Bonchev–Trinajstić information content (AvgIpc) is 3.36. The van der Waals surface area contributed by atoms with Gasteiger partial charge in [0.2, 0.25) is 0 Å². The van der Waals surface area contributed by atoms with Crippen LogP contribution in [0, 0.1) is 0 Å². The lowest BCUT2D eigenvalue weighted by atomic mass is 10.2. The van der Waals surface area contributed by atoms with Gasteiger partial charge in [-0.05, 0) is 30.5 Å². The number of amidine groups is 1. The topological polar surface area (TPSA) is 126 Å². The Bertz CT molecular complexity index is 1440. The van der Waals surface area contributed by atoms with Gasteiger partial charge in [-0.25, -0.2) is 18.1 Å². The van der Waals surface area contributed by atoms with Crippen molar-refractivity contribution in [1.29, 1.82) is 0 Å². The van der Waals surface area contributed by atoms with E-state index in [2.05, 4.69) is 14.8 Å². The second-order valence-electron chi connectivity index (χ2n) is 8.09. The van der Waals surface area contributed by atoms with Gasteiger partial charge >= 0.3 is 0 Å². The number of hydrogen-bond donors (Lipinski definition) is 2. The Morgan fingerprint density at radius 2 is 1.85 bits per heavy atom. The number of ether oxygens (including phenoxy) is 1. The van der Waals surface area contributed by atoms with E-state index < -0.39 is 21.3 Å². The Kier molecular flexibility index (Phi) is 5.48. The Morgan fingerprint density at radius 1 is 1.12 bits per heavy atom. The average molecular weight is 482 g/mol. The van der Waals surface area contributed by atoms with Gasteiger partial charge in [0.05, 0.1) is 19.3 Å². The summed E-state index contributed by atoms with van der Waals surface area (Å²) in [6.45, 7) is 1.50. The number of hydrogen-bond acceptors (Lipinski definition) is 8. The summed E-state index contributed by atoms with van der Waals surface area (Å²) in [5.41, 5.74) is 0.0906. The molecule has 1 saturated heterocycles. The minimum Gasteiger partial charge on any atom is -0.504 e. The van der Waals surface area contributed by atoms with E-state index in [1.54, 1.807) is 6.07 Å². The number of anilines is 1. The van der Waals surface area contributed by atoms with Crippen LogP contribution >= 0.6 is 0 Å². The van der Waals surface area contributed by atoms with Gasteiger partial charge in [0.25, 0.3) is 15.6 Å². The fourth-order valence-corrected chi connectivity index (χ4v) is 5.30. The third-order valence-corrected chi connectivity index (χ3v) is 7.22. The van der Waals surface area contributed by atoms with Gasteiger partial charge in [0, 0.05) is 19.2 Å². The van der Waals surface area contributed by atoms with Crippen LogP contribution in [0.15, 0.2) is 63.2 Å². The number of rotatable bonds is 5. The zero-order valence-corrected chi connectivity index (χ0v) is 19.2. The van der Waals surface area contributed by atoms with E-state index in [0.29, 0.717) is 18.8 Å². The first-order valence-electron chi connectivity index (χ1n) is 10.8. The summed E-state index contributed by atoms with van der Waals surface area (Å²) >= 11 is 0. The Balaban J connectivity index is 1.70. The molecule has 3 aromatic rings. The van der Waals surface area contributed by atoms with Crippen LogP contribution in [0.25, 0.3) is 0 Å². The van der Waals surface area contributed by atoms with Crippen LogP contribution in [0.2, 0.25) is 0 Å². The molecule has 2 N–H and O–H groups in total. The molecule has 0 unspecified atom stereocenters. The van der Waals surface area contributed by atoms with Crippen molar-refractivity contribution in [3.63, 3.8) is 0 Å². The van der Waals surface area contributed by atoms with Crippen LogP contribution in [0.4, 0.5) is 11.5 Å². The molecule has 5 rings (SSSR count). The summed E-state index contributed by atoms with van der Waals surface area (Å²) in [5, 5.41) is 15.6. The number of nitrogens with zero attached hydrogens (tertiary/aromatic N) is 4. The molecule has 1 aromatic heterocycles. The zero-order chi connectivity index (χ0) is 23.9. The first-order valence-corrected chi connectivity index (χ1v) is 12.3. The normalized spacial score (nSPS) is 16.5. The van der Waals surface area contributed by atoms with E-state index in [9.17, 15) is 18.3 Å². The van der Waals surface area contributed by atoms with Crippen LogP contribution < -0.4 is 19.9 Å². The number of fused-ring (bicyclic) bond motifs is 1. The molecule has 176 valence electrons. The molecule has 3 heterocycles. The number of benzene rings is 2. The van der Waals surface area contributed by atoms with Crippen molar-refractivity contribution in [2.75, 3.05) is 25.1 Å². The van der Waals surface area contributed by atoms with Crippen molar-refractivity contribution in [3.05, 3.63) is 70.0 Å². The monoisotopic (exact) mass is 481 g/mol. The van der Waals surface area contributed by atoms with Crippen molar-refractivity contribution < 1.29 is 18.3 Å². The van der Waals surface area contributed by atoms with Gasteiger partial charge in [-0.1, -0.05) is 30.3 Å².